The molecule has 2 nitrogen and oxygen atoms in total. The highest BCUT2D eigenvalue weighted by Gasteiger charge is 2.10. The number of benzene rings is 1. The van der Waals surface area contributed by atoms with Gasteiger partial charge in [0.15, 0.2) is 0 Å². The fraction of sp³-hybridized carbons (Fsp3) is 0.467. The van der Waals surface area contributed by atoms with E-state index in [9.17, 15) is 0 Å². The van der Waals surface area contributed by atoms with Crippen molar-refractivity contribution in [2.24, 2.45) is 5.92 Å². The summed E-state index contributed by atoms with van der Waals surface area (Å²) in [7, 11) is 1.66. The van der Waals surface area contributed by atoms with Gasteiger partial charge in [0.25, 0.3) is 0 Å². The molecule has 1 aromatic rings. The van der Waals surface area contributed by atoms with E-state index in [2.05, 4.69) is 24.4 Å². The molecule has 3 heteroatoms. The summed E-state index contributed by atoms with van der Waals surface area (Å²) < 4.78 is 5.21. The van der Waals surface area contributed by atoms with Crippen LogP contribution in [0.4, 0.5) is 0 Å². The van der Waals surface area contributed by atoms with Crippen molar-refractivity contribution < 1.29 is 4.74 Å². The minimum absolute atomic E-state index is 0.670. The van der Waals surface area contributed by atoms with Gasteiger partial charge in [0.1, 0.15) is 5.75 Å². The van der Waals surface area contributed by atoms with E-state index in [1.165, 1.54) is 12.8 Å². The molecule has 0 bridgehead atoms. The third-order valence-corrected chi connectivity index (χ3v) is 3.78. The lowest BCUT2D eigenvalue weighted by molar-refractivity contribution is 0.414. The van der Waals surface area contributed by atoms with Gasteiger partial charge in [0.2, 0.25) is 0 Å². The molecule has 1 heterocycles. The molecule has 2 rings (SSSR count). The van der Waals surface area contributed by atoms with Crippen molar-refractivity contribution in [1.82, 2.24) is 5.32 Å². The molecule has 1 aliphatic heterocycles. The van der Waals surface area contributed by atoms with Crippen molar-refractivity contribution in [2.75, 3.05) is 20.2 Å². The minimum Gasteiger partial charge on any atom is -0.497 e. The number of ether oxygens (including phenoxy) is 1. The smallest absolute Gasteiger partial charge is 0.120 e. The number of halogens is 1. The molecule has 0 aliphatic carbocycles. The number of hydrogen-bond acceptors (Lipinski definition) is 2. The largest absolute Gasteiger partial charge is 0.497 e. The molecule has 18 heavy (non-hydrogen) atoms. The molecular formula is C15H20ClNO. The second-order valence-corrected chi connectivity index (χ2v) is 5.19. The summed E-state index contributed by atoms with van der Waals surface area (Å²) >= 11 is 6.29. The number of rotatable bonds is 3. The van der Waals surface area contributed by atoms with E-state index in [0.29, 0.717) is 5.92 Å². The lowest BCUT2D eigenvalue weighted by atomic mass is 9.96. The fourth-order valence-corrected chi connectivity index (χ4v) is 2.64. The van der Waals surface area contributed by atoms with E-state index >= 15 is 0 Å². The highest BCUT2D eigenvalue weighted by atomic mass is 35.5. The first-order valence-corrected chi connectivity index (χ1v) is 6.81. The number of nitrogens with one attached hydrogen (secondary N) is 1. The van der Waals surface area contributed by atoms with Crippen molar-refractivity contribution in [3.8, 4) is 5.75 Å². The Morgan fingerprint density at radius 1 is 1.33 bits per heavy atom. The molecule has 0 atom stereocenters. The summed E-state index contributed by atoms with van der Waals surface area (Å²) in [6, 6.07) is 3.89. The van der Waals surface area contributed by atoms with Crippen LogP contribution in [0.1, 0.15) is 24.0 Å². The Kier molecular flexibility index (Phi) is 4.67. The second-order valence-electron chi connectivity index (χ2n) is 4.79. The normalized spacial score (nSPS) is 17.3. The standard InChI is InChI=1S/C15H20ClNO/c1-11-9-13(18-2)10-15(16)14(11)4-3-12-5-7-17-8-6-12/h3-4,9-10,12,17H,5-8H2,1-2H3/b4-3+. The molecule has 1 aromatic carbocycles. The van der Waals surface area contributed by atoms with Crippen molar-refractivity contribution in [1.29, 1.82) is 0 Å². The Labute approximate surface area is 114 Å². The summed E-state index contributed by atoms with van der Waals surface area (Å²) in [5.41, 5.74) is 2.26. The quantitative estimate of drug-likeness (QED) is 0.900. The van der Waals surface area contributed by atoms with Crippen LogP contribution < -0.4 is 10.1 Å². The highest BCUT2D eigenvalue weighted by Crippen LogP contribution is 2.28. The average Bonchev–Trinajstić information content (AvgIpc) is 2.38. The zero-order valence-electron chi connectivity index (χ0n) is 11.0. The topological polar surface area (TPSA) is 21.3 Å². The van der Waals surface area contributed by atoms with Gasteiger partial charge in [-0.1, -0.05) is 23.8 Å². The maximum atomic E-state index is 6.29. The summed E-state index contributed by atoms with van der Waals surface area (Å²) in [6.07, 6.45) is 6.88. The van der Waals surface area contributed by atoms with E-state index < -0.39 is 0 Å². The van der Waals surface area contributed by atoms with Crippen LogP contribution in [0.3, 0.4) is 0 Å². The van der Waals surface area contributed by atoms with E-state index in [1.54, 1.807) is 7.11 Å². The van der Waals surface area contributed by atoms with Gasteiger partial charge in [-0.05, 0) is 62.0 Å². The lowest BCUT2D eigenvalue weighted by Crippen LogP contribution is -2.26. The van der Waals surface area contributed by atoms with Gasteiger partial charge in [-0.15, -0.1) is 0 Å². The van der Waals surface area contributed by atoms with Crippen molar-refractivity contribution in [3.05, 3.63) is 34.4 Å². The SMILES string of the molecule is COc1cc(C)c(/C=C/C2CCNCC2)c(Cl)c1. The van der Waals surface area contributed by atoms with Gasteiger partial charge in [-0.2, -0.15) is 0 Å². The molecule has 0 radical (unpaired) electrons. The Bertz CT molecular complexity index is 413. The van der Waals surface area contributed by atoms with Crippen molar-refractivity contribution >= 4 is 17.7 Å². The van der Waals surface area contributed by atoms with Gasteiger partial charge in [-0.3, -0.25) is 0 Å². The fourth-order valence-electron chi connectivity index (χ4n) is 2.32. The third-order valence-electron chi connectivity index (χ3n) is 3.46. The zero-order chi connectivity index (χ0) is 13.0. The highest BCUT2D eigenvalue weighted by molar-refractivity contribution is 6.32. The number of allylic oxidation sites excluding steroid dienone is 1. The van der Waals surface area contributed by atoms with Crippen LogP contribution in [0, 0.1) is 12.8 Å². The minimum atomic E-state index is 0.670. The molecule has 0 amide bonds. The molecule has 0 unspecified atom stereocenters. The maximum absolute atomic E-state index is 6.29. The van der Waals surface area contributed by atoms with Gasteiger partial charge in [0.05, 0.1) is 12.1 Å². The molecule has 1 N–H and O–H groups in total. The maximum Gasteiger partial charge on any atom is 0.120 e. The van der Waals surface area contributed by atoms with E-state index in [4.69, 9.17) is 16.3 Å². The molecule has 0 aromatic heterocycles. The van der Waals surface area contributed by atoms with Crippen molar-refractivity contribution in [3.63, 3.8) is 0 Å². The van der Waals surface area contributed by atoms with Crippen LogP contribution in [-0.4, -0.2) is 20.2 Å². The number of piperidine rings is 1. The molecule has 0 spiro atoms. The number of hydrogen-bond donors (Lipinski definition) is 1. The summed E-state index contributed by atoms with van der Waals surface area (Å²) in [4.78, 5) is 0. The predicted octanol–water partition coefficient (Wildman–Crippen LogP) is 3.67. The van der Waals surface area contributed by atoms with Gasteiger partial charge in [-0.25, -0.2) is 0 Å². The third kappa shape index (κ3) is 3.27. The van der Waals surface area contributed by atoms with E-state index in [-0.39, 0.29) is 0 Å². The molecule has 1 aliphatic rings. The summed E-state index contributed by atoms with van der Waals surface area (Å²) in [5.74, 6) is 1.49. The van der Waals surface area contributed by atoms with E-state index in [0.717, 1.165) is 35.0 Å². The molecule has 1 saturated heterocycles. The average molecular weight is 266 g/mol. The lowest BCUT2D eigenvalue weighted by Gasteiger charge is -2.19. The molecule has 98 valence electrons. The predicted molar refractivity (Wildman–Crippen MR) is 77.4 cm³/mol. The molecule has 0 saturated carbocycles. The number of methoxy groups -OCH3 is 1. The molecule has 1 fully saturated rings. The van der Waals surface area contributed by atoms with Crippen LogP contribution in [0.2, 0.25) is 5.02 Å². The monoisotopic (exact) mass is 265 g/mol. The van der Waals surface area contributed by atoms with Gasteiger partial charge < -0.3 is 10.1 Å². The van der Waals surface area contributed by atoms with Crippen LogP contribution in [0.15, 0.2) is 18.2 Å². The van der Waals surface area contributed by atoms with Crippen LogP contribution >= 0.6 is 11.6 Å². The Morgan fingerprint density at radius 3 is 2.67 bits per heavy atom. The second kappa shape index (κ2) is 6.26. The van der Waals surface area contributed by atoms with Crippen LogP contribution in [-0.2, 0) is 0 Å². The number of aryl methyl sites for hydroxylation is 1. The van der Waals surface area contributed by atoms with Crippen LogP contribution in [0.5, 0.6) is 5.75 Å². The van der Waals surface area contributed by atoms with Crippen LogP contribution in [0.25, 0.3) is 6.08 Å². The van der Waals surface area contributed by atoms with Gasteiger partial charge in [0, 0.05) is 0 Å². The first-order valence-electron chi connectivity index (χ1n) is 6.44. The van der Waals surface area contributed by atoms with E-state index in [1.807, 2.05) is 12.1 Å². The Balaban J connectivity index is 2.15. The molecular weight excluding hydrogens is 246 g/mol. The van der Waals surface area contributed by atoms with Gasteiger partial charge >= 0.3 is 0 Å². The Hall–Kier alpha value is -0.990. The van der Waals surface area contributed by atoms with Crippen molar-refractivity contribution in [2.45, 2.75) is 19.8 Å². The first kappa shape index (κ1) is 13.4. The zero-order valence-corrected chi connectivity index (χ0v) is 11.8. The summed E-state index contributed by atoms with van der Waals surface area (Å²) in [6.45, 7) is 4.30. The first-order chi connectivity index (χ1) is 8.70. The Morgan fingerprint density at radius 2 is 2.06 bits per heavy atom. The summed E-state index contributed by atoms with van der Waals surface area (Å²) in [5, 5.41) is 4.14.